The van der Waals surface area contributed by atoms with Crippen molar-refractivity contribution in [1.29, 1.82) is 0 Å². The van der Waals surface area contributed by atoms with E-state index in [0.717, 1.165) is 37.4 Å². The highest BCUT2D eigenvalue weighted by Gasteiger charge is 2.49. The van der Waals surface area contributed by atoms with Crippen LogP contribution in [-0.2, 0) is 4.79 Å². The topological polar surface area (TPSA) is 58.8 Å². The molecule has 0 radical (unpaired) electrons. The molecule has 5 atom stereocenters. The first-order valence-electron chi connectivity index (χ1n) is 9.15. The number of primary amides is 1. The number of hydrogen-bond donors (Lipinski definition) is 1. The fraction of sp³-hybridized carbons (Fsp3) is 0.632. The zero-order chi connectivity index (χ0) is 17.6. The van der Waals surface area contributed by atoms with E-state index >= 15 is 0 Å². The van der Waals surface area contributed by atoms with Crippen LogP contribution in [-0.4, -0.2) is 55.8 Å². The SMILES string of the molecule is COc1ccccc1N1C[C@H]2CC[C@H](N3C[C@H](F)C[C@H]3C(N)=O)[C@H]2C1. The van der Waals surface area contributed by atoms with E-state index in [1.807, 2.05) is 18.2 Å². The number of anilines is 1. The third kappa shape index (κ3) is 2.86. The van der Waals surface area contributed by atoms with E-state index in [1.165, 1.54) is 0 Å². The molecule has 2 aliphatic heterocycles. The molecule has 0 aromatic heterocycles. The maximum Gasteiger partial charge on any atom is 0.234 e. The second-order valence-electron chi connectivity index (χ2n) is 7.59. The smallest absolute Gasteiger partial charge is 0.234 e. The van der Waals surface area contributed by atoms with Crippen LogP contribution in [0.15, 0.2) is 24.3 Å². The molecule has 0 spiro atoms. The highest BCUT2D eigenvalue weighted by molar-refractivity contribution is 5.80. The third-order valence-electron chi connectivity index (χ3n) is 6.29. The van der Waals surface area contributed by atoms with Crippen molar-refractivity contribution in [1.82, 2.24) is 4.90 Å². The number of nitrogens with two attached hydrogens (primary N) is 1. The van der Waals surface area contributed by atoms with Gasteiger partial charge in [-0.05, 0) is 36.8 Å². The molecule has 5 nitrogen and oxygen atoms in total. The van der Waals surface area contributed by atoms with Gasteiger partial charge in [-0.3, -0.25) is 9.69 Å². The van der Waals surface area contributed by atoms with E-state index in [-0.39, 0.29) is 18.4 Å². The zero-order valence-corrected chi connectivity index (χ0v) is 14.6. The predicted molar refractivity (Wildman–Crippen MR) is 94.4 cm³/mol. The lowest BCUT2D eigenvalue weighted by atomic mass is 9.96. The van der Waals surface area contributed by atoms with Crippen molar-refractivity contribution < 1.29 is 13.9 Å². The van der Waals surface area contributed by atoms with Crippen LogP contribution >= 0.6 is 0 Å². The van der Waals surface area contributed by atoms with Gasteiger partial charge in [-0.2, -0.15) is 0 Å². The summed E-state index contributed by atoms with van der Waals surface area (Å²) in [6.45, 7) is 2.26. The van der Waals surface area contributed by atoms with Crippen molar-refractivity contribution in [2.45, 2.75) is 37.5 Å². The molecule has 1 aromatic rings. The van der Waals surface area contributed by atoms with Gasteiger partial charge >= 0.3 is 0 Å². The van der Waals surface area contributed by atoms with Gasteiger partial charge in [0.25, 0.3) is 0 Å². The number of likely N-dealkylation sites (tertiary alicyclic amines) is 1. The second kappa shape index (κ2) is 6.48. The Morgan fingerprint density at radius 2 is 2.04 bits per heavy atom. The number of carbonyl (C=O) groups excluding carboxylic acids is 1. The van der Waals surface area contributed by atoms with E-state index in [2.05, 4.69) is 15.9 Å². The molecule has 3 aliphatic rings. The van der Waals surface area contributed by atoms with Crippen LogP contribution in [0.5, 0.6) is 5.75 Å². The van der Waals surface area contributed by atoms with Gasteiger partial charge in [-0.15, -0.1) is 0 Å². The quantitative estimate of drug-likeness (QED) is 0.902. The van der Waals surface area contributed by atoms with Gasteiger partial charge in [-0.1, -0.05) is 12.1 Å². The molecule has 2 heterocycles. The Kier molecular flexibility index (Phi) is 4.31. The summed E-state index contributed by atoms with van der Waals surface area (Å²) in [5, 5.41) is 0. The van der Waals surface area contributed by atoms with Crippen molar-refractivity contribution in [3.8, 4) is 5.75 Å². The maximum atomic E-state index is 13.9. The molecule has 2 saturated heterocycles. The molecule has 1 amide bonds. The third-order valence-corrected chi connectivity index (χ3v) is 6.29. The lowest BCUT2D eigenvalue weighted by molar-refractivity contribution is -0.123. The summed E-state index contributed by atoms with van der Waals surface area (Å²) in [5.74, 6) is 1.54. The minimum atomic E-state index is -0.941. The van der Waals surface area contributed by atoms with Crippen LogP contribution in [0.4, 0.5) is 10.1 Å². The Bertz CT molecular complexity index is 655. The van der Waals surface area contributed by atoms with Crippen LogP contribution in [0.3, 0.4) is 0 Å². The number of hydrogen-bond acceptors (Lipinski definition) is 4. The summed E-state index contributed by atoms with van der Waals surface area (Å²) in [7, 11) is 1.70. The van der Waals surface area contributed by atoms with Crippen molar-refractivity contribution in [3.05, 3.63) is 24.3 Å². The Balaban J connectivity index is 1.53. The van der Waals surface area contributed by atoms with Gasteiger partial charge in [0.05, 0.1) is 18.8 Å². The van der Waals surface area contributed by atoms with Crippen LogP contribution in [0, 0.1) is 11.8 Å². The second-order valence-corrected chi connectivity index (χ2v) is 7.59. The van der Waals surface area contributed by atoms with Crippen molar-refractivity contribution in [2.75, 3.05) is 31.6 Å². The van der Waals surface area contributed by atoms with Crippen LogP contribution in [0.1, 0.15) is 19.3 Å². The molecule has 1 saturated carbocycles. The molecule has 0 unspecified atom stereocenters. The number of methoxy groups -OCH3 is 1. The average Bonchev–Trinajstić information content (AvgIpc) is 3.28. The molecule has 0 bridgehead atoms. The van der Waals surface area contributed by atoms with E-state index in [4.69, 9.17) is 10.5 Å². The molecule has 136 valence electrons. The number of benzene rings is 1. The molecule has 4 rings (SSSR count). The van der Waals surface area contributed by atoms with Gasteiger partial charge in [0, 0.05) is 32.1 Å². The summed E-state index contributed by atoms with van der Waals surface area (Å²) in [4.78, 5) is 16.2. The Morgan fingerprint density at radius 3 is 2.80 bits per heavy atom. The molecule has 25 heavy (non-hydrogen) atoms. The van der Waals surface area contributed by atoms with Crippen molar-refractivity contribution in [2.24, 2.45) is 17.6 Å². The van der Waals surface area contributed by atoms with Gasteiger partial charge in [0.1, 0.15) is 11.9 Å². The highest BCUT2D eigenvalue weighted by atomic mass is 19.1. The first-order chi connectivity index (χ1) is 12.1. The summed E-state index contributed by atoms with van der Waals surface area (Å²) >= 11 is 0. The van der Waals surface area contributed by atoms with Crippen molar-refractivity contribution >= 4 is 11.6 Å². The molecule has 6 heteroatoms. The van der Waals surface area contributed by atoms with Crippen LogP contribution in [0.25, 0.3) is 0 Å². The lowest BCUT2D eigenvalue weighted by Gasteiger charge is -2.33. The minimum absolute atomic E-state index is 0.249. The van der Waals surface area contributed by atoms with Crippen LogP contribution in [0.2, 0.25) is 0 Å². The Hall–Kier alpha value is -1.82. The van der Waals surface area contributed by atoms with Gasteiger partial charge < -0.3 is 15.4 Å². The molecular weight excluding hydrogens is 321 g/mol. The van der Waals surface area contributed by atoms with E-state index in [0.29, 0.717) is 18.4 Å². The van der Waals surface area contributed by atoms with Gasteiger partial charge in [-0.25, -0.2) is 4.39 Å². The molecule has 3 fully saturated rings. The van der Waals surface area contributed by atoms with Crippen LogP contribution < -0.4 is 15.4 Å². The fourth-order valence-corrected chi connectivity index (χ4v) is 5.19. The number of alkyl halides is 1. The Morgan fingerprint density at radius 1 is 1.24 bits per heavy atom. The first kappa shape index (κ1) is 16.6. The average molecular weight is 347 g/mol. The lowest BCUT2D eigenvalue weighted by Crippen LogP contribution is -2.48. The number of fused-ring (bicyclic) bond motifs is 1. The number of amides is 1. The monoisotopic (exact) mass is 347 g/mol. The summed E-state index contributed by atoms with van der Waals surface area (Å²) < 4.78 is 19.5. The number of ether oxygens (including phenoxy) is 1. The number of halogens is 1. The van der Waals surface area contributed by atoms with E-state index in [9.17, 15) is 9.18 Å². The predicted octanol–water partition coefficient (Wildman–Crippen LogP) is 1.81. The van der Waals surface area contributed by atoms with E-state index in [1.54, 1.807) is 7.11 Å². The standard InChI is InChI=1S/C19H26FN3O2/c1-25-18-5-3-2-4-16(18)22-9-12-6-7-15(14(12)11-22)23-10-13(20)8-17(23)19(21)24/h2-5,12-15,17H,6-11H2,1H3,(H2,21,24)/t12-,13-,14+,15+,17+/m1/s1. The normalized spacial score (nSPS) is 35.1. The first-order valence-corrected chi connectivity index (χ1v) is 9.15. The number of nitrogens with zero attached hydrogens (tertiary/aromatic N) is 2. The fourth-order valence-electron chi connectivity index (χ4n) is 5.19. The molecule has 1 aromatic carbocycles. The number of carbonyl (C=O) groups is 1. The Labute approximate surface area is 147 Å². The molecular formula is C19H26FN3O2. The summed E-state index contributed by atoms with van der Waals surface area (Å²) in [6.07, 6.45) is 1.47. The zero-order valence-electron chi connectivity index (χ0n) is 14.6. The summed E-state index contributed by atoms with van der Waals surface area (Å²) in [6, 6.07) is 7.89. The van der Waals surface area contributed by atoms with Gasteiger partial charge in [0.2, 0.25) is 5.91 Å². The largest absolute Gasteiger partial charge is 0.495 e. The minimum Gasteiger partial charge on any atom is -0.495 e. The van der Waals surface area contributed by atoms with Gasteiger partial charge in [0.15, 0.2) is 0 Å². The molecule has 1 aliphatic carbocycles. The molecule has 2 N–H and O–H groups in total. The maximum absolute atomic E-state index is 13.9. The number of rotatable bonds is 4. The highest BCUT2D eigenvalue weighted by Crippen LogP contribution is 2.45. The van der Waals surface area contributed by atoms with Crippen molar-refractivity contribution in [3.63, 3.8) is 0 Å². The number of para-hydroxylation sites is 2. The van der Waals surface area contributed by atoms with E-state index < -0.39 is 12.2 Å². The summed E-state index contributed by atoms with van der Waals surface area (Å²) in [5.41, 5.74) is 6.66.